The minimum absolute atomic E-state index is 0.0598. The number of benzene rings is 2. The van der Waals surface area contributed by atoms with Crippen molar-refractivity contribution in [1.29, 1.82) is 0 Å². The molecule has 1 aromatic heterocycles. The molecule has 2 aromatic carbocycles. The average Bonchev–Trinajstić information content (AvgIpc) is 3.21. The first kappa shape index (κ1) is 19.1. The first-order valence-corrected chi connectivity index (χ1v) is 9.99. The van der Waals surface area contributed by atoms with Gasteiger partial charge in [0.15, 0.2) is 0 Å². The van der Waals surface area contributed by atoms with E-state index in [4.69, 9.17) is 14.1 Å². The SMILES string of the molecule is CCc1nnc(C2=C(C)N=C(C)CC2c2ccccc2OCc2ccccc2)o1. The fourth-order valence-electron chi connectivity index (χ4n) is 3.75. The van der Waals surface area contributed by atoms with Crippen LogP contribution < -0.4 is 4.74 Å². The zero-order chi connectivity index (χ0) is 20.2. The van der Waals surface area contributed by atoms with Crippen LogP contribution >= 0.6 is 0 Å². The number of hydrogen-bond acceptors (Lipinski definition) is 5. The Morgan fingerprint density at radius 3 is 2.52 bits per heavy atom. The second kappa shape index (κ2) is 8.43. The Hall–Kier alpha value is -3.21. The summed E-state index contributed by atoms with van der Waals surface area (Å²) in [5.41, 5.74) is 5.24. The summed E-state index contributed by atoms with van der Waals surface area (Å²) in [5.74, 6) is 2.12. The molecule has 0 saturated carbocycles. The molecule has 1 atom stereocenters. The lowest BCUT2D eigenvalue weighted by Gasteiger charge is -2.26. The Labute approximate surface area is 171 Å². The predicted molar refractivity (Wildman–Crippen MR) is 114 cm³/mol. The molecule has 4 rings (SSSR count). The maximum Gasteiger partial charge on any atom is 0.246 e. The predicted octanol–water partition coefficient (Wildman–Crippen LogP) is 5.59. The van der Waals surface area contributed by atoms with Gasteiger partial charge < -0.3 is 9.15 Å². The maximum absolute atomic E-state index is 6.23. The van der Waals surface area contributed by atoms with Gasteiger partial charge in [0.2, 0.25) is 11.8 Å². The average molecular weight is 387 g/mol. The van der Waals surface area contributed by atoms with Crippen LogP contribution in [0.2, 0.25) is 0 Å². The van der Waals surface area contributed by atoms with E-state index in [0.29, 0.717) is 24.8 Å². The number of aromatic nitrogens is 2. The van der Waals surface area contributed by atoms with Gasteiger partial charge in [-0.3, -0.25) is 4.99 Å². The molecule has 0 spiro atoms. The molecule has 1 unspecified atom stereocenters. The lowest BCUT2D eigenvalue weighted by atomic mass is 9.83. The van der Waals surface area contributed by atoms with Gasteiger partial charge in [-0.25, -0.2) is 0 Å². The van der Waals surface area contributed by atoms with Crippen molar-refractivity contribution in [3.63, 3.8) is 0 Å². The fourth-order valence-corrected chi connectivity index (χ4v) is 3.75. The molecule has 29 heavy (non-hydrogen) atoms. The Morgan fingerprint density at radius 1 is 1.00 bits per heavy atom. The number of ether oxygens (including phenoxy) is 1. The molecule has 0 fully saturated rings. The summed E-state index contributed by atoms with van der Waals surface area (Å²) in [6.45, 7) is 6.60. The number of allylic oxidation sites excluding steroid dienone is 2. The van der Waals surface area contributed by atoms with Gasteiger partial charge in [0.25, 0.3) is 0 Å². The summed E-state index contributed by atoms with van der Waals surface area (Å²) in [6, 6.07) is 18.4. The Morgan fingerprint density at radius 2 is 1.76 bits per heavy atom. The molecule has 1 aliphatic heterocycles. The zero-order valence-electron chi connectivity index (χ0n) is 17.1. The third-order valence-corrected chi connectivity index (χ3v) is 5.13. The molecule has 0 radical (unpaired) electrons. The third-order valence-electron chi connectivity index (χ3n) is 5.13. The summed E-state index contributed by atoms with van der Waals surface area (Å²) in [6.07, 6.45) is 1.51. The van der Waals surface area contributed by atoms with Gasteiger partial charge in [-0.05, 0) is 31.9 Å². The Kier molecular flexibility index (Phi) is 5.56. The zero-order valence-corrected chi connectivity index (χ0v) is 17.1. The van der Waals surface area contributed by atoms with Crippen molar-refractivity contribution >= 4 is 11.3 Å². The van der Waals surface area contributed by atoms with Crippen LogP contribution in [0.15, 0.2) is 69.7 Å². The highest BCUT2D eigenvalue weighted by Gasteiger charge is 2.30. The van der Waals surface area contributed by atoms with E-state index < -0.39 is 0 Å². The number of hydrogen-bond donors (Lipinski definition) is 0. The second-order valence-electron chi connectivity index (χ2n) is 7.27. The first-order chi connectivity index (χ1) is 14.2. The van der Waals surface area contributed by atoms with Gasteiger partial charge in [0.05, 0.1) is 0 Å². The highest BCUT2D eigenvalue weighted by atomic mass is 16.5. The standard InChI is InChI=1S/C24H25N3O2/c1-4-22-26-27-24(29-22)23-17(3)25-16(2)14-20(23)19-12-8-9-13-21(19)28-15-18-10-6-5-7-11-18/h5-13,20H,4,14-15H2,1-3H3. The van der Waals surface area contributed by atoms with Gasteiger partial charge in [-0.2, -0.15) is 0 Å². The molecular weight excluding hydrogens is 362 g/mol. The number of nitrogens with zero attached hydrogens (tertiary/aromatic N) is 3. The van der Waals surface area contributed by atoms with Crippen molar-refractivity contribution < 1.29 is 9.15 Å². The summed E-state index contributed by atoms with van der Waals surface area (Å²) < 4.78 is 12.1. The topological polar surface area (TPSA) is 60.5 Å². The van der Waals surface area contributed by atoms with Crippen molar-refractivity contribution in [2.45, 2.75) is 46.1 Å². The normalized spacial score (nSPS) is 16.7. The summed E-state index contributed by atoms with van der Waals surface area (Å²) in [7, 11) is 0. The maximum atomic E-state index is 6.23. The van der Waals surface area contributed by atoms with Crippen LogP contribution in [0, 0.1) is 0 Å². The molecule has 0 aliphatic carbocycles. The number of aliphatic imine (C=N–C) groups is 1. The van der Waals surface area contributed by atoms with Gasteiger partial charge in [-0.15, -0.1) is 10.2 Å². The second-order valence-corrected chi connectivity index (χ2v) is 7.27. The van der Waals surface area contributed by atoms with Crippen LogP contribution in [-0.2, 0) is 13.0 Å². The monoisotopic (exact) mass is 387 g/mol. The van der Waals surface area contributed by atoms with Crippen molar-refractivity contribution in [1.82, 2.24) is 10.2 Å². The lowest BCUT2D eigenvalue weighted by molar-refractivity contribution is 0.302. The van der Waals surface area contributed by atoms with Crippen molar-refractivity contribution in [3.05, 3.63) is 83.2 Å². The molecule has 5 nitrogen and oxygen atoms in total. The molecule has 3 aromatic rings. The van der Waals surface area contributed by atoms with E-state index in [1.165, 1.54) is 0 Å². The molecule has 0 amide bonds. The highest BCUT2D eigenvalue weighted by molar-refractivity contribution is 5.90. The minimum Gasteiger partial charge on any atom is -0.489 e. The Bertz CT molecular complexity index is 1050. The van der Waals surface area contributed by atoms with Crippen LogP contribution in [0.4, 0.5) is 0 Å². The summed E-state index contributed by atoms with van der Waals surface area (Å²) in [5, 5.41) is 8.46. The highest BCUT2D eigenvalue weighted by Crippen LogP contribution is 2.43. The van der Waals surface area contributed by atoms with Crippen molar-refractivity contribution in [3.8, 4) is 5.75 Å². The Balaban J connectivity index is 1.70. The van der Waals surface area contributed by atoms with Gasteiger partial charge in [0, 0.05) is 34.9 Å². The van der Waals surface area contributed by atoms with Gasteiger partial charge in [0.1, 0.15) is 12.4 Å². The third kappa shape index (κ3) is 4.14. The summed E-state index contributed by atoms with van der Waals surface area (Å²) >= 11 is 0. The van der Waals surface area contributed by atoms with Crippen molar-refractivity contribution in [2.24, 2.45) is 4.99 Å². The van der Waals surface area contributed by atoms with E-state index in [0.717, 1.165) is 40.3 Å². The van der Waals surface area contributed by atoms with Crippen molar-refractivity contribution in [2.75, 3.05) is 0 Å². The van der Waals surface area contributed by atoms with E-state index in [1.807, 2.05) is 50.2 Å². The molecule has 5 heteroatoms. The molecule has 0 N–H and O–H groups in total. The fraction of sp³-hybridized carbons (Fsp3) is 0.292. The van der Waals surface area contributed by atoms with Gasteiger partial charge >= 0.3 is 0 Å². The van der Waals surface area contributed by atoms with Crippen LogP contribution in [0.5, 0.6) is 5.75 Å². The number of rotatable bonds is 6. The van der Waals surface area contributed by atoms with E-state index in [9.17, 15) is 0 Å². The van der Waals surface area contributed by atoms with E-state index in [-0.39, 0.29) is 5.92 Å². The van der Waals surface area contributed by atoms with Crippen LogP contribution in [0.3, 0.4) is 0 Å². The molecule has 0 saturated heterocycles. The summed E-state index contributed by atoms with van der Waals surface area (Å²) in [4.78, 5) is 4.70. The molecule has 2 heterocycles. The molecule has 148 valence electrons. The van der Waals surface area contributed by atoms with Crippen LogP contribution in [0.25, 0.3) is 5.57 Å². The number of para-hydroxylation sites is 1. The quantitative estimate of drug-likeness (QED) is 0.553. The lowest BCUT2D eigenvalue weighted by Crippen LogP contribution is -2.14. The van der Waals surface area contributed by atoms with Crippen LogP contribution in [0.1, 0.15) is 56.0 Å². The van der Waals surface area contributed by atoms with E-state index >= 15 is 0 Å². The molecule has 1 aliphatic rings. The number of aryl methyl sites for hydroxylation is 1. The largest absolute Gasteiger partial charge is 0.489 e. The van der Waals surface area contributed by atoms with Crippen LogP contribution in [-0.4, -0.2) is 15.9 Å². The molecular formula is C24H25N3O2. The van der Waals surface area contributed by atoms with Gasteiger partial charge in [-0.1, -0.05) is 55.5 Å². The smallest absolute Gasteiger partial charge is 0.246 e. The molecule has 0 bridgehead atoms. The van der Waals surface area contributed by atoms with E-state index in [1.54, 1.807) is 0 Å². The van der Waals surface area contributed by atoms with E-state index in [2.05, 4.69) is 35.3 Å². The first-order valence-electron chi connectivity index (χ1n) is 9.99. The minimum atomic E-state index is 0.0598.